The molecule has 1 amide bonds. The van der Waals surface area contributed by atoms with Crippen LogP contribution in [0, 0.1) is 12.3 Å². The third-order valence-electron chi connectivity index (χ3n) is 3.24. The van der Waals surface area contributed by atoms with Crippen LogP contribution >= 0.6 is 0 Å². The molecule has 0 aliphatic carbocycles. The average molecular weight is 349 g/mol. The smallest absolute Gasteiger partial charge is 0.408 e. The maximum absolute atomic E-state index is 12.2. The van der Waals surface area contributed by atoms with Gasteiger partial charge in [0.15, 0.2) is 0 Å². The van der Waals surface area contributed by atoms with E-state index in [0.29, 0.717) is 0 Å². The number of nitrogens with one attached hydrogen (secondary N) is 1. The zero-order valence-electron chi connectivity index (χ0n) is 15.2. The van der Waals surface area contributed by atoms with Crippen molar-refractivity contribution in [2.75, 3.05) is 13.9 Å². The molecule has 1 aromatic rings. The normalized spacial score (nSPS) is 14.9. The Hall–Kier alpha value is -2.07. The molecule has 0 aliphatic heterocycles. The van der Waals surface area contributed by atoms with Crippen molar-refractivity contribution in [1.82, 2.24) is 5.32 Å². The Bertz CT molecular complexity index is 561. The third-order valence-corrected chi connectivity index (χ3v) is 3.24. The summed E-state index contributed by atoms with van der Waals surface area (Å²) in [4.78, 5) is 12.2. The van der Waals surface area contributed by atoms with Gasteiger partial charge in [0.1, 0.15) is 18.5 Å². The molecule has 6 heteroatoms. The summed E-state index contributed by atoms with van der Waals surface area (Å²) in [6.07, 6.45) is 3.05. The highest BCUT2D eigenvalue weighted by Gasteiger charge is 2.33. The lowest BCUT2D eigenvalue weighted by Crippen LogP contribution is -2.49. The van der Waals surface area contributed by atoms with E-state index in [1.165, 1.54) is 7.11 Å². The van der Waals surface area contributed by atoms with Crippen molar-refractivity contribution in [3.8, 4) is 12.3 Å². The van der Waals surface area contributed by atoms with Gasteiger partial charge in [-0.15, -0.1) is 12.3 Å². The van der Waals surface area contributed by atoms with Crippen molar-refractivity contribution in [1.29, 1.82) is 0 Å². The van der Waals surface area contributed by atoms with Crippen LogP contribution in [0.5, 0.6) is 0 Å². The minimum absolute atomic E-state index is 0.00513. The van der Waals surface area contributed by atoms with Gasteiger partial charge >= 0.3 is 6.09 Å². The summed E-state index contributed by atoms with van der Waals surface area (Å²) in [7, 11) is 1.50. The van der Waals surface area contributed by atoms with Crippen LogP contribution in [-0.4, -0.2) is 42.8 Å². The van der Waals surface area contributed by atoms with Crippen molar-refractivity contribution >= 4 is 6.09 Å². The summed E-state index contributed by atoms with van der Waals surface area (Å²) < 4.78 is 16.0. The molecule has 0 spiro atoms. The van der Waals surface area contributed by atoms with Gasteiger partial charge in [-0.3, -0.25) is 0 Å². The Morgan fingerprint density at radius 3 is 2.48 bits per heavy atom. The Kier molecular flexibility index (Phi) is 8.42. The van der Waals surface area contributed by atoms with Crippen LogP contribution in [0.2, 0.25) is 0 Å². The number of carbonyl (C=O) groups excluding carboxylic acids is 1. The maximum Gasteiger partial charge on any atom is 0.408 e. The molecule has 138 valence electrons. The summed E-state index contributed by atoms with van der Waals surface area (Å²) in [5, 5.41) is 13.1. The van der Waals surface area contributed by atoms with E-state index in [1.807, 2.05) is 30.3 Å². The quantitative estimate of drug-likeness (QED) is 0.557. The van der Waals surface area contributed by atoms with E-state index in [4.69, 9.17) is 20.6 Å². The highest BCUT2D eigenvalue weighted by molar-refractivity contribution is 5.68. The van der Waals surface area contributed by atoms with Gasteiger partial charge in [-0.1, -0.05) is 30.3 Å². The van der Waals surface area contributed by atoms with Gasteiger partial charge in [-0.05, 0) is 26.3 Å². The first-order valence-corrected chi connectivity index (χ1v) is 8.05. The second-order valence-electron chi connectivity index (χ2n) is 6.55. The lowest BCUT2D eigenvalue weighted by atomic mass is 9.96. The van der Waals surface area contributed by atoms with Crippen molar-refractivity contribution < 1.29 is 24.1 Å². The average Bonchev–Trinajstić information content (AvgIpc) is 2.53. The summed E-state index contributed by atoms with van der Waals surface area (Å²) in [6, 6.07) is 8.43. The molecule has 2 unspecified atom stereocenters. The van der Waals surface area contributed by atoms with Crippen LogP contribution in [0.15, 0.2) is 30.3 Å². The van der Waals surface area contributed by atoms with Crippen LogP contribution in [0.1, 0.15) is 38.9 Å². The molecule has 0 saturated heterocycles. The number of amides is 1. The number of hydrogen-bond donors (Lipinski definition) is 2. The van der Waals surface area contributed by atoms with E-state index in [-0.39, 0.29) is 13.2 Å². The van der Waals surface area contributed by atoms with Crippen LogP contribution < -0.4 is 5.32 Å². The van der Waals surface area contributed by atoms with Crippen molar-refractivity contribution in [2.24, 2.45) is 0 Å². The lowest BCUT2D eigenvalue weighted by Gasteiger charge is -2.32. The van der Waals surface area contributed by atoms with Crippen molar-refractivity contribution in [3.05, 3.63) is 35.9 Å². The minimum Gasteiger partial charge on any atom is -0.444 e. The molecule has 0 aliphatic rings. The molecular formula is C19H27NO5. The molecule has 0 radical (unpaired) electrons. The van der Waals surface area contributed by atoms with Gasteiger partial charge in [-0.2, -0.15) is 0 Å². The molecule has 25 heavy (non-hydrogen) atoms. The highest BCUT2D eigenvalue weighted by Crippen LogP contribution is 2.25. The van der Waals surface area contributed by atoms with Gasteiger partial charge in [-0.25, -0.2) is 4.79 Å². The van der Waals surface area contributed by atoms with Gasteiger partial charge in [0, 0.05) is 13.5 Å². The largest absolute Gasteiger partial charge is 0.444 e. The number of hydrogen-bond acceptors (Lipinski definition) is 5. The number of methoxy groups -OCH3 is 1. The Balaban J connectivity index is 3.07. The van der Waals surface area contributed by atoms with E-state index >= 15 is 0 Å². The topological polar surface area (TPSA) is 77.0 Å². The molecule has 2 N–H and O–H groups in total. The number of aliphatic hydroxyl groups excluding tert-OH is 1. The van der Waals surface area contributed by atoms with E-state index in [9.17, 15) is 9.90 Å². The standard InChI is InChI=1S/C19H27NO5/c1-6-10-15(21)16(20-18(22)25-19(2,3)4)17(24-13-23-5)14-11-8-7-9-12-14/h1,7-9,11-12,15-17,21H,10,13H2,2-5H3,(H,20,22)/t15?,16-,17?/m0/s1. The number of aliphatic hydroxyl groups is 1. The molecule has 6 nitrogen and oxygen atoms in total. The molecular weight excluding hydrogens is 322 g/mol. The first-order valence-electron chi connectivity index (χ1n) is 8.05. The molecule has 1 aromatic carbocycles. The van der Waals surface area contributed by atoms with Gasteiger partial charge in [0.05, 0.1) is 12.1 Å². The monoisotopic (exact) mass is 349 g/mol. The number of alkyl carbamates (subject to hydrolysis) is 1. The summed E-state index contributed by atoms with van der Waals surface area (Å²) >= 11 is 0. The van der Waals surface area contributed by atoms with Crippen molar-refractivity contribution in [3.63, 3.8) is 0 Å². The number of carbonyl (C=O) groups is 1. The van der Waals surface area contributed by atoms with E-state index in [1.54, 1.807) is 20.8 Å². The van der Waals surface area contributed by atoms with Crippen LogP contribution in [-0.2, 0) is 14.2 Å². The molecule has 0 aromatic heterocycles. The molecule has 1 rings (SSSR count). The van der Waals surface area contributed by atoms with Gasteiger partial charge < -0.3 is 24.6 Å². The Labute approximate surface area is 149 Å². The number of rotatable bonds is 8. The second-order valence-corrected chi connectivity index (χ2v) is 6.55. The van der Waals surface area contributed by atoms with E-state index in [2.05, 4.69) is 11.2 Å². The third kappa shape index (κ3) is 7.57. The maximum atomic E-state index is 12.2. The Morgan fingerprint density at radius 1 is 1.32 bits per heavy atom. The molecule has 0 fully saturated rings. The first-order chi connectivity index (χ1) is 11.8. The van der Waals surface area contributed by atoms with Gasteiger partial charge in [0.2, 0.25) is 0 Å². The van der Waals surface area contributed by atoms with E-state index < -0.39 is 29.9 Å². The van der Waals surface area contributed by atoms with Crippen LogP contribution in [0.4, 0.5) is 4.79 Å². The van der Waals surface area contributed by atoms with Crippen molar-refractivity contribution in [2.45, 2.75) is 51.0 Å². The summed E-state index contributed by atoms with van der Waals surface area (Å²) in [5.74, 6) is 2.40. The zero-order chi connectivity index (χ0) is 18.9. The fraction of sp³-hybridized carbons (Fsp3) is 0.526. The molecule has 0 saturated carbocycles. The summed E-state index contributed by atoms with van der Waals surface area (Å²) in [5.41, 5.74) is 0.109. The number of ether oxygens (including phenoxy) is 3. The fourth-order valence-electron chi connectivity index (χ4n) is 2.26. The molecule has 0 heterocycles. The van der Waals surface area contributed by atoms with E-state index in [0.717, 1.165) is 5.56 Å². The fourth-order valence-corrected chi connectivity index (χ4v) is 2.26. The zero-order valence-corrected chi connectivity index (χ0v) is 15.2. The molecule has 3 atom stereocenters. The summed E-state index contributed by atoms with van der Waals surface area (Å²) in [6.45, 7) is 5.27. The second kappa shape index (κ2) is 10.0. The first kappa shape index (κ1) is 21.0. The predicted octanol–water partition coefficient (Wildman–Crippen LogP) is 2.63. The lowest BCUT2D eigenvalue weighted by molar-refractivity contribution is -0.0996. The Morgan fingerprint density at radius 2 is 1.96 bits per heavy atom. The number of terminal acetylenes is 1. The minimum atomic E-state index is -1.01. The predicted molar refractivity (Wildman–Crippen MR) is 94.8 cm³/mol. The number of benzene rings is 1. The highest BCUT2D eigenvalue weighted by atomic mass is 16.7. The van der Waals surface area contributed by atoms with Crippen LogP contribution in [0.25, 0.3) is 0 Å². The van der Waals surface area contributed by atoms with Gasteiger partial charge in [0.25, 0.3) is 0 Å². The van der Waals surface area contributed by atoms with Crippen LogP contribution in [0.3, 0.4) is 0 Å². The molecule has 0 bridgehead atoms. The SMILES string of the molecule is C#CCC(O)[C@H](NC(=O)OC(C)(C)C)C(OCOC)c1ccccc1.